The zero-order valence-corrected chi connectivity index (χ0v) is 17.1. The molecule has 7 heteroatoms. The molecule has 0 aliphatic heterocycles. The molecule has 0 fully saturated rings. The Kier molecular flexibility index (Phi) is 6.72. The molecule has 0 saturated heterocycles. The van der Waals surface area contributed by atoms with Crippen molar-refractivity contribution < 1.29 is 24.2 Å². The Balaban J connectivity index is 1.65. The number of amides is 2. The standard InChI is InChI=1S/C23H26N2O5/c1-3-8-20(21(26)24-14(2)22(27)28)25-23(29)30-13-19-17-11-6-4-9-15(17)16-10-5-7-12-18(16)19/h4-7,9-12,14,19-20H,3,8,13H2,1-2H3,(H,24,26)(H,25,29)(H,27,28). The van der Waals surface area contributed by atoms with Crippen LogP contribution in [-0.4, -0.2) is 41.8 Å². The molecule has 1 aliphatic carbocycles. The number of carboxylic acid groups (broad SMARTS) is 1. The number of carbonyl (C=O) groups is 3. The molecule has 30 heavy (non-hydrogen) atoms. The highest BCUT2D eigenvalue weighted by Gasteiger charge is 2.30. The number of fused-ring (bicyclic) bond motifs is 3. The third-order valence-electron chi connectivity index (χ3n) is 5.26. The predicted octanol–water partition coefficient (Wildman–Crippen LogP) is 3.28. The Hall–Kier alpha value is -3.35. The van der Waals surface area contributed by atoms with Crippen molar-refractivity contribution in [3.05, 3.63) is 59.7 Å². The van der Waals surface area contributed by atoms with Gasteiger partial charge in [-0.25, -0.2) is 4.79 Å². The summed E-state index contributed by atoms with van der Waals surface area (Å²) >= 11 is 0. The lowest BCUT2D eigenvalue weighted by atomic mass is 9.98. The summed E-state index contributed by atoms with van der Waals surface area (Å²) in [7, 11) is 0. The second kappa shape index (κ2) is 9.43. The summed E-state index contributed by atoms with van der Waals surface area (Å²) in [6.07, 6.45) is 0.319. The van der Waals surface area contributed by atoms with Gasteiger partial charge in [-0.3, -0.25) is 9.59 Å². The molecule has 2 atom stereocenters. The number of hydrogen-bond acceptors (Lipinski definition) is 4. The normalized spacial score (nSPS) is 14.2. The van der Waals surface area contributed by atoms with E-state index in [-0.39, 0.29) is 12.5 Å². The molecule has 3 rings (SSSR count). The molecule has 0 radical (unpaired) electrons. The maximum atomic E-state index is 12.4. The molecule has 0 heterocycles. The number of alkyl carbamates (subject to hydrolysis) is 1. The minimum atomic E-state index is -1.14. The minimum absolute atomic E-state index is 0.0753. The second-order valence-corrected chi connectivity index (χ2v) is 7.38. The van der Waals surface area contributed by atoms with Crippen molar-refractivity contribution in [1.82, 2.24) is 10.6 Å². The van der Waals surface area contributed by atoms with Gasteiger partial charge in [0, 0.05) is 5.92 Å². The van der Waals surface area contributed by atoms with Crippen LogP contribution in [-0.2, 0) is 14.3 Å². The van der Waals surface area contributed by atoms with E-state index in [1.54, 1.807) is 0 Å². The van der Waals surface area contributed by atoms with Crippen molar-refractivity contribution in [2.75, 3.05) is 6.61 Å². The highest BCUT2D eigenvalue weighted by Crippen LogP contribution is 2.44. The summed E-state index contributed by atoms with van der Waals surface area (Å²) in [5.74, 6) is -1.76. The molecule has 1 aliphatic rings. The van der Waals surface area contributed by atoms with Crippen molar-refractivity contribution in [2.24, 2.45) is 0 Å². The number of benzene rings is 2. The predicted molar refractivity (Wildman–Crippen MR) is 112 cm³/mol. The van der Waals surface area contributed by atoms with Gasteiger partial charge in [-0.1, -0.05) is 61.9 Å². The zero-order chi connectivity index (χ0) is 21.7. The molecule has 0 spiro atoms. The van der Waals surface area contributed by atoms with Crippen molar-refractivity contribution in [1.29, 1.82) is 0 Å². The number of rotatable bonds is 8. The largest absolute Gasteiger partial charge is 0.480 e. The van der Waals surface area contributed by atoms with E-state index < -0.39 is 30.1 Å². The average Bonchev–Trinajstić information content (AvgIpc) is 3.05. The first-order valence-corrected chi connectivity index (χ1v) is 10.1. The summed E-state index contributed by atoms with van der Waals surface area (Å²) < 4.78 is 5.47. The van der Waals surface area contributed by atoms with Gasteiger partial charge >= 0.3 is 12.1 Å². The van der Waals surface area contributed by atoms with E-state index in [2.05, 4.69) is 22.8 Å². The van der Waals surface area contributed by atoms with Gasteiger partial charge in [0.25, 0.3) is 0 Å². The Morgan fingerprint density at radius 1 is 1.00 bits per heavy atom. The van der Waals surface area contributed by atoms with E-state index in [0.29, 0.717) is 12.8 Å². The quantitative estimate of drug-likeness (QED) is 0.619. The van der Waals surface area contributed by atoms with Crippen molar-refractivity contribution in [3.8, 4) is 11.1 Å². The zero-order valence-electron chi connectivity index (χ0n) is 17.1. The van der Waals surface area contributed by atoms with Gasteiger partial charge in [0.15, 0.2) is 0 Å². The number of aliphatic carboxylic acids is 1. The Bertz CT molecular complexity index is 897. The van der Waals surface area contributed by atoms with E-state index in [1.807, 2.05) is 43.3 Å². The fraction of sp³-hybridized carbons (Fsp3) is 0.348. The number of nitrogens with one attached hydrogen (secondary N) is 2. The Labute approximate surface area is 175 Å². The van der Waals surface area contributed by atoms with Crippen LogP contribution in [0.1, 0.15) is 43.7 Å². The van der Waals surface area contributed by atoms with Gasteiger partial charge < -0.3 is 20.5 Å². The van der Waals surface area contributed by atoms with Gasteiger partial charge in [-0.2, -0.15) is 0 Å². The number of carboxylic acids is 1. The van der Waals surface area contributed by atoms with Crippen LogP contribution in [0.25, 0.3) is 11.1 Å². The molecule has 158 valence electrons. The smallest absolute Gasteiger partial charge is 0.407 e. The molecule has 0 aromatic heterocycles. The molecule has 2 amide bonds. The van der Waals surface area contributed by atoms with E-state index in [0.717, 1.165) is 22.3 Å². The average molecular weight is 410 g/mol. The first-order valence-electron chi connectivity index (χ1n) is 10.1. The first kappa shape index (κ1) is 21.4. The lowest BCUT2D eigenvalue weighted by molar-refractivity contribution is -0.141. The summed E-state index contributed by atoms with van der Waals surface area (Å²) in [6.45, 7) is 3.39. The van der Waals surface area contributed by atoms with Crippen molar-refractivity contribution in [3.63, 3.8) is 0 Å². The van der Waals surface area contributed by atoms with E-state index in [1.165, 1.54) is 6.92 Å². The summed E-state index contributed by atoms with van der Waals surface area (Å²) in [5, 5.41) is 13.9. The number of ether oxygens (including phenoxy) is 1. The summed E-state index contributed by atoms with van der Waals surface area (Å²) in [4.78, 5) is 35.7. The fourth-order valence-electron chi connectivity index (χ4n) is 3.72. The van der Waals surface area contributed by atoms with Crippen molar-refractivity contribution >= 4 is 18.0 Å². The highest BCUT2D eigenvalue weighted by molar-refractivity contribution is 5.89. The van der Waals surface area contributed by atoms with Crippen LogP contribution in [0.4, 0.5) is 4.79 Å². The van der Waals surface area contributed by atoms with Crippen LogP contribution in [0.5, 0.6) is 0 Å². The molecule has 7 nitrogen and oxygen atoms in total. The van der Waals surface area contributed by atoms with Crippen molar-refractivity contribution in [2.45, 2.75) is 44.7 Å². The second-order valence-electron chi connectivity index (χ2n) is 7.38. The number of carbonyl (C=O) groups excluding carboxylic acids is 2. The molecule has 3 N–H and O–H groups in total. The van der Waals surface area contributed by atoms with Gasteiger partial charge in [-0.05, 0) is 35.6 Å². The first-order chi connectivity index (χ1) is 14.4. The minimum Gasteiger partial charge on any atom is -0.480 e. The molecule has 0 bridgehead atoms. The Morgan fingerprint density at radius 2 is 1.57 bits per heavy atom. The molecular formula is C23H26N2O5. The topological polar surface area (TPSA) is 105 Å². The van der Waals surface area contributed by atoms with Crippen LogP contribution in [0.15, 0.2) is 48.5 Å². The summed E-state index contributed by atoms with van der Waals surface area (Å²) in [5.41, 5.74) is 4.47. The van der Waals surface area contributed by atoms with E-state index in [4.69, 9.17) is 9.84 Å². The maximum Gasteiger partial charge on any atom is 0.407 e. The van der Waals surface area contributed by atoms with E-state index in [9.17, 15) is 14.4 Å². The molecule has 2 unspecified atom stereocenters. The van der Waals surface area contributed by atoms with Gasteiger partial charge in [0.2, 0.25) is 5.91 Å². The van der Waals surface area contributed by atoms with Crippen LogP contribution in [0, 0.1) is 0 Å². The van der Waals surface area contributed by atoms with Crippen LogP contribution in [0.3, 0.4) is 0 Å². The molecule has 0 saturated carbocycles. The van der Waals surface area contributed by atoms with Gasteiger partial charge in [0.1, 0.15) is 18.7 Å². The van der Waals surface area contributed by atoms with Gasteiger partial charge in [-0.15, -0.1) is 0 Å². The highest BCUT2D eigenvalue weighted by atomic mass is 16.5. The SMILES string of the molecule is CCCC(NC(=O)OCC1c2ccccc2-c2ccccc21)C(=O)NC(C)C(=O)O. The van der Waals surface area contributed by atoms with Crippen LogP contribution >= 0.6 is 0 Å². The molecule has 2 aromatic rings. The fourth-order valence-corrected chi connectivity index (χ4v) is 3.72. The van der Waals surface area contributed by atoms with Crippen LogP contribution < -0.4 is 10.6 Å². The Morgan fingerprint density at radius 3 is 2.10 bits per heavy atom. The van der Waals surface area contributed by atoms with Crippen LogP contribution in [0.2, 0.25) is 0 Å². The summed E-state index contributed by atoms with van der Waals surface area (Å²) in [6, 6.07) is 14.2. The third-order valence-corrected chi connectivity index (χ3v) is 5.26. The van der Waals surface area contributed by atoms with Gasteiger partial charge in [0.05, 0.1) is 0 Å². The molecule has 2 aromatic carbocycles. The molecular weight excluding hydrogens is 384 g/mol. The lowest BCUT2D eigenvalue weighted by Crippen LogP contribution is -2.50. The maximum absolute atomic E-state index is 12.4. The van der Waals surface area contributed by atoms with E-state index >= 15 is 0 Å². The number of hydrogen-bond donors (Lipinski definition) is 3. The lowest BCUT2D eigenvalue weighted by Gasteiger charge is -2.20. The third kappa shape index (κ3) is 4.62. The monoisotopic (exact) mass is 410 g/mol.